The summed E-state index contributed by atoms with van der Waals surface area (Å²) >= 11 is 1.33. The first-order valence-electron chi connectivity index (χ1n) is 8.12. The topological polar surface area (TPSA) is 156 Å². The summed E-state index contributed by atoms with van der Waals surface area (Å²) < 4.78 is 0. The molecule has 0 radical (unpaired) electrons. The van der Waals surface area contributed by atoms with Gasteiger partial charge in [-0.1, -0.05) is 18.2 Å². The quantitative estimate of drug-likeness (QED) is 0.341. The molecule has 6 N–H and O–H groups in total. The van der Waals surface area contributed by atoms with Crippen LogP contribution >= 0.6 is 11.3 Å². The highest BCUT2D eigenvalue weighted by Gasteiger charge is 2.14. The SMILES string of the molecule is N#CN=C(N)N(Cc1ccccn1)c1cccc(-c2csc(N=C(N)N)n2)c1. The third-order valence-corrected chi connectivity index (χ3v) is 4.39. The summed E-state index contributed by atoms with van der Waals surface area (Å²) in [5, 5.41) is 11.2. The van der Waals surface area contributed by atoms with Crippen LogP contribution in [0.3, 0.4) is 0 Å². The monoisotopic (exact) mass is 391 g/mol. The van der Waals surface area contributed by atoms with Crippen LogP contribution in [0.5, 0.6) is 0 Å². The van der Waals surface area contributed by atoms with Crippen molar-refractivity contribution in [1.82, 2.24) is 9.97 Å². The fourth-order valence-corrected chi connectivity index (χ4v) is 3.18. The van der Waals surface area contributed by atoms with Crippen LogP contribution in [0.1, 0.15) is 5.69 Å². The Balaban J connectivity index is 1.96. The third-order valence-electron chi connectivity index (χ3n) is 3.66. The van der Waals surface area contributed by atoms with Gasteiger partial charge in [-0.3, -0.25) is 4.98 Å². The first-order chi connectivity index (χ1) is 13.6. The molecule has 3 rings (SSSR count). The van der Waals surface area contributed by atoms with Crippen molar-refractivity contribution in [2.45, 2.75) is 6.54 Å². The summed E-state index contributed by atoms with van der Waals surface area (Å²) in [6.45, 7) is 0.359. The second-order valence-electron chi connectivity index (χ2n) is 5.58. The molecule has 3 aromatic rings. The maximum absolute atomic E-state index is 8.90. The Labute approximate surface area is 165 Å². The standard InChI is InChI=1S/C18H17N9S/c19-11-24-17(22)27(9-13-5-1-2-7-23-13)14-6-3-4-12(8-14)15-10-28-18(25-15)26-16(20)21/h1-8,10H,9H2,(H2,22,24)(H4,20,21,25,26). The second-order valence-corrected chi connectivity index (χ2v) is 6.42. The fourth-order valence-electron chi connectivity index (χ4n) is 2.46. The van der Waals surface area contributed by atoms with E-state index >= 15 is 0 Å². The lowest BCUT2D eigenvalue weighted by molar-refractivity contribution is 0.941. The molecule has 2 aromatic heterocycles. The molecule has 10 heteroatoms. The highest BCUT2D eigenvalue weighted by atomic mass is 32.1. The number of aromatic nitrogens is 2. The van der Waals surface area contributed by atoms with Gasteiger partial charge in [0.2, 0.25) is 17.3 Å². The second kappa shape index (κ2) is 8.61. The van der Waals surface area contributed by atoms with E-state index in [1.54, 1.807) is 17.3 Å². The van der Waals surface area contributed by atoms with Gasteiger partial charge >= 0.3 is 0 Å². The molecular formula is C18H17N9S. The van der Waals surface area contributed by atoms with Crippen LogP contribution in [0.15, 0.2) is 64.0 Å². The molecule has 2 heterocycles. The van der Waals surface area contributed by atoms with Crippen molar-refractivity contribution >= 4 is 34.1 Å². The Morgan fingerprint density at radius 1 is 1.18 bits per heavy atom. The summed E-state index contributed by atoms with van der Waals surface area (Å²) in [7, 11) is 0. The summed E-state index contributed by atoms with van der Waals surface area (Å²) in [6, 6.07) is 13.1. The minimum Gasteiger partial charge on any atom is -0.370 e. The number of nitrogens with two attached hydrogens (primary N) is 3. The van der Waals surface area contributed by atoms with Gasteiger partial charge < -0.3 is 22.1 Å². The number of anilines is 1. The first-order valence-corrected chi connectivity index (χ1v) is 9.00. The molecule has 28 heavy (non-hydrogen) atoms. The van der Waals surface area contributed by atoms with E-state index in [1.807, 2.05) is 47.8 Å². The van der Waals surface area contributed by atoms with E-state index in [9.17, 15) is 0 Å². The normalized spacial score (nSPS) is 10.9. The van der Waals surface area contributed by atoms with Gasteiger partial charge in [-0.2, -0.15) is 10.3 Å². The number of hydrogen-bond donors (Lipinski definition) is 3. The lowest BCUT2D eigenvalue weighted by Crippen LogP contribution is -2.37. The van der Waals surface area contributed by atoms with Crippen LogP contribution in [0, 0.1) is 11.5 Å². The zero-order valence-electron chi connectivity index (χ0n) is 14.7. The summed E-state index contributed by atoms with van der Waals surface area (Å²) in [5.74, 6) is 0.0291. The van der Waals surface area contributed by atoms with Crippen molar-refractivity contribution < 1.29 is 0 Å². The molecule has 0 unspecified atom stereocenters. The van der Waals surface area contributed by atoms with E-state index in [-0.39, 0.29) is 11.9 Å². The maximum Gasteiger partial charge on any atom is 0.212 e. The van der Waals surface area contributed by atoms with Crippen molar-refractivity contribution in [1.29, 1.82) is 5.26 Å². The molecule has 140 valence electrons. The lowest BCUT2D eigenvalue weighted by atomic mass is 10.1. The minimum absolute atomic E-state index is 0.0447. The first kappa shape index (κ1) is 18.8. The van der Waals surface area contributed by atoms with Gasteiger partial charge in [-0.25, -0.2) is 4.98 Å². The van der Waals surface area contributed by atoms with E-state index in [0.29, 0.717) is 11.7 Å². The predicted molar refractivity (Wildman–Crippen MR) is 111 cm³/mol. The minimum atomic E-state index is -0.0447. The summed E-state index contributed by atoms with van der Waals surface area (Å²) in [4.78, 5) is 18.1. The number of hydrogen-bond acceptors (Lipinski definition) is 6. The molecule has 1 aromatic carbocycles. The fraction of sp³-hybridized carbons (Fsp3) is 0.0556. The van der Waals surface area contributed by atoms with Crippen LogP contribution in [0.2, 0.25) is 0 Å². The molecule has 0 bridgehead atoms. The van der Waals surface area contributed by atoms with Crippen LogP contribution < -0.4 is 22.1 Å². The zero-order chi connectivity index (χ0) is 19.9. The van der Waals surface area contributed by atoms with Crippen molar-refractivity contribution in [2.24, 2.45) is 27.2 Å². The smallest absolute Gasteiger partial charge is 0.212 e. The van der Waals surface area contributed by atoms with Gasteiger partial charge in [0.1, 0.15) is 0 Å². The van der Waals surface area contributed by atoms with Gasteiger partial charge in [-0.05, 0) is 24.3 Å². The number of pyridine rings is 1. The maximum atomic E-state index is 8.90. The Morgan fingerprint density at radius 2 is 2.04 bits per heavy atom. The number of aliphatic imine (C=N–C) groups is 2. The molecular weight excluding hydrogens is 374 g/mol. The number of nitrogens with zero attached hydrogens (tertiary/aromatic N) is 6. The highest BCUT2D eigenvalue weighted by Crippen LogP contribution is 2.29. The molecule has 0 spiro atoms. The number of rotatable bonds is 5. The van der Waals surface area contributed by atoms with E-state index in [1.165, 1.54) is 11.3 Å². The molecule has 0 fully saturated rings. The molecule has 0 saturated carbocycles. The van der Waals surface area contributed by atoms with Gasteiger partial charge in [0, 0.05) is 22.8 Å². The Bertz CT molecular complexity index is 1050. The van der Waals surface area contributed by atoms with Crippen molar-refractivity contribution in [3.05, 3.63) is 59.7 Å². The number of guanidine groups is 2. The molecule has 0 aliphatic heterocycles. The van der Waals surface area contributed by atoms with Gasteiger partial charge in [0.15, 0.2) is 5.96 Å². The Kier molecular flexibility index (Phi) is 5.78. The molecule has 0 atom stereocenters. The molecule has 0 amide bonds. The van der Waals surface area contributed by atoms with Gasteiger partial charge in [-0.15, -0.1) is 16.3 Å². The number of benzene rings is 1. The zero-order valence-corrected chi connectivity index (χ0v) is 15.5. The largest absolute Gasteiger partial charge is 0.370 e. The van der Waals surface area contributed by atoms with E-state index < -0.39 is 0 Å². The number of nitriles is 1. The third kappa shape index (κ3) is 4.60. The number of thiazole rings is 1. The molecule has 0 aliphatic carbocycles. The average molecular weight is 391 g/mol. The predicted octanol–water partition coefficient (Wildman–Crippen LogP) is 1.91. The highest BCUT2D eigenvalue weighted by molar-refractivity contribution is 7.13. The van der Waals surface area contributed by atoms with Crippen molar-refractivity contribution in [3.63, 3.8) is 0 Å². The molecule has 9 nitrogen and oxygen atoms in total. The van der Waals surface area contributed by atoms with Gasteiger partial charge in [0.05, 0.1) is 17.9 Å². The average Bonchev–Trinajstić information content (AvgIpc) is 3.15. The van der Waals surface area contributed by atoms with Crippen molar-refractivity contribution in [2.75, 3.05) is 4.90 Å². The van der Waals surface area contributed by atoms with Crippen LogP contribution in [0.25, 0.3) is 11.3 Å². The van der Waals surface area contributed by atoms with E-state index in [2.05, 4.69) is 20.0 Å². The lowest BCUT2D eigenvalue weighted by Gasteiger charge is -2.23. The van der Waals surface area contributed by atoms with E-state index in [0.717, 1.165) is 22.6 Å². The van der Waals surface area contributed by atoms with Crippen LogP contribution in [0.4, 0.5) is 10.8 Å². The summed E-state index contributed by atoms with van der Waals surface area (Å²) in [6.07, 6.45) is 3.42. The van der Waals surface area contributed by atoms with Crippen LogP contribution in [-0.2, 0) is 6.54 Å². The molecule has 0 saturated heterocycles. The van der Waals surface area contributed by atoms with E-state index in [4.69, 9.17) is 22.5 Å². The Morgan fingerprint density at radius 3 is 2.75 bits per heavy atom. The Hall–Kier alpha value is -3.97. The van der Waals surface area contributed by atoms with Crippen molar-refractivity contribution in [3.8, 4) is 17.5 Å². The van der Waals surface area contributed by atoms with Crippen LogP contribution in [-0.4, -0.2) is 21.9 Å². The molecule has 0 aliphatic rings. The summed E-state index contributed by atoms with van der Waals surface area (Å²) in [5.41, 5.74) is 19.9. The van der Waals surface area contributed by atoms with Gasteiger partial charge in [0.25, 0.3) is 0 Å².